The third kappa shape index (κ3) is 7.78. The van der Waals surface area contributed by atoms with E-state index in [4.69, 9.17) is 10.00 Å². The lowest BCUT2D eigenvalue weighted by Crippen LogP contribution is -2.52. The smallest absolute Gasteiger partial charge is 0.433 e. The van der Waals surface area contributed by atoms with Crippen LogP contribution in [-0.2, 0) is 20.9 Å². The number of halogens is 4. The van der Waals surface area contributed by atoms with E-state index in [-0.39, 0.29) is 48.8 Å². The summed E-state index contributed by atoms with van der Waals surface area (Å²) in [7, 11) is 0. The Balaban J connectivity index is 0.00000480. The van der Waals surface area contributed by atoms with E-state index in [9.17, 15) is 27.6 Å². The van der Waals surface area contributed by atoms with Gasteiger partial charge in [0.1, 0.15) is 12.3 Å². The molecule has 2 saturated heterocycles. The molecule has 3 aromatic carbocycles. The van der Waals surface area contributed by atoms with Crippen LogP contribution in [0.1, 0.15) is 42.9 Å². The third-order valence-corrected chi connectivity index (χ3v) is 8.00. The maximum Gasteiger partial charge on any atom is 0.573 e. The number of hydrogen-bond donors (Lipinski definition) is 1. The monoisotopic (exact) mass is 656 g/mol. The molecule has 3 aromatic rings. The molecule has 0 saturated carbocycles. The number of benzene rings is 3. The number of alkyl halides is 3. The maximum atomic E-state index is 13.3. The zero-order chi connectivity index (χ0) is 32.4. The Morgan fingerprint density at radius 3 is 2.35 bits per heavy atom. The van der Waals surface area contributed by atoms with Gasteiger partial charge in [-0.2, -0.15) is 5.26 Å². The lowest BCUT2D eigenvalue weighted by Gasteiger charge is -2.40. The number of nitrogens with zero attached hydrogens (tertiary/aromatic N) is 3. The first-order chi connectivity index (χ1) is 21.3. The van der Waals surface area contributed by atoms with Crippen molar-refractivity contribution in [1.82, 2.24) is 15.1 Å². The van der Waals surface area contributed by atoms with Crippen LogP contribution in [0.3, 0.4) is 0 Å². The minimum Gasteiger partial charge on any atom is -0.433 e. The Morgan fingerprint density at radius 2 is 1.74 bits per heavy atom. The summed E-state index contributed by atoms with van der Waals surface area (Å²) in [4.78, 5) is 40.5. The van der Waals surface area contributed by atoms with E-state index < -0.39 is 36.4 Å². The number of rotatable bonds is 8. The van der Waals surface area contributed by atoms with Gasteiger partial charge in [0, 0.05) is 37.2 Å². The van der Waals surface area contributed by atoms with Crippen LogP contribution in [0.15, 0.2) is 72.8 Å². The first-order valence-corrected chi connectivity index (χ1v) is 14.3. The van der Waals surface area contributed by atoms with Gasteiger partial charge in [0.05, 0.1) is 11.6 Å². The van der Waals surface area contributed by atoms with E-state index in [1.807, 2.05) is 36.4 Å². The number of nitriles is 1. The predicted molar refractivity (Wildman–Crippen MR) is 164 cm³/mol. The molecule has 3 amide bonds. The minimum atomic E-state index is -4.89. The molecular formula is C33H32ClF3N4O5. The van der Waals surface area contributed by atoms with Crippen molar-refractivity contribution in [3.8, 4) is 22.9 Å². The molecule has 9 nitrogen and oxygen atoms in total. The van der Waals surface area contributed by atoms with Crippen molar-refractivity contribution in [3.63, 3.8) is 0 Å². The van der Waals surface area contributed by atoms with Gasteiger partial charge < -0.3 is 19.7 Å². The summed E-state index contributed by atoms with van der Waals surface area (Å²) in [5.74, 6) is -1.57. The van der Waals surface area contributed by atoms with Gasteiger partial charge in [0.2, 0.25) is 5.91 Å². The van der Waals surface area contributed by atoms with Crippen LogP contribution in [0.4, 0.5) is 18.0 Å². The fourth-order valence-corrected chi connectivity index (χ4v) is 5.66. The second-order valence-electron chi connectivity index (χ2n) is 11.5. The van der Waals surface area contributed by atoms with Crippen molar-refractivity contribution in [1.29, 1.82) is 5.26 Å². The second kappa shape index (κ2) is 13.8. The van der Waals surface area contributed by atoms with Gasteiger partial charge in [-0.05, 0) is 61.2 Å². The molecule has 0 unspecified atom stereocenters. The zero-order valence-electron chi connectivity index (χ0n) is 25.0. The van der Waals surface area contributed by atoms with Crippen molar-refractivity contribution >= 4 is 30.3 Å². The first-order valence-electron chi connectivity index (χ1n) is 14.3. The van der Waals surface area contributed by atoms with Crippen LogP contribution in [0, 0.1) is 11.3 Å². The zero-order valence-corrected chi connectivity index (χ0v) is 25.9. The number of amides is 3. The van der Waals surface area contributed by atoms with Gasteiger partial charge in [-0.15, -0.1) is 25.6 Å². The number of ether oxygens (including phenoxy) is 2. The number of piperidine rings is 1. The highest BCUT2D eigenvalue weighted by Crippen LogP contribution is 2.33. The van der Waals surface area contributed by atoms with E-state index in [0.29, 0.717) is 24.1 Å². The number of imide groups is 1. The molecule has 2 aliphatic heterocycles. The molecule has 0 aromatic heterocycles. The van der Waals surface area contributed by atoms with Crippen LogP contribution >= 0.6 is 12.4 Å². The van der Waals surface area contributed by atoms with E-state index >= 15 is 0 Å². The normalized spacial score (nSPS) is 19.2. The van der Waals surface area contributed by atoms with Gasteiger partial charge in [0.15, 0.2) is 5.60 Å². The molecule has 0 aliphatic carbocycles. The van der Waals surface area contributed by atoms with Crippen molar-refractivity contribution in [2.24, 2.45) is 0 Å². The van der Waals surface area contributed by atoms with Crippen molar-refractivity contribution in [2.75, 3.05) is 19.6 Å². The fourth-order valence-electron chi connectivity index (χ4n) is 5.66. The van der Waals surface area contributed by atoms with Gasteiger partial charge in [-0.1, -0.05) is 48.5 Å². The van der Waals surface area contributed by atoms with Crippen molar-refractivity contribution < 1.29 is 37.0 Å². The molecule has 242 valence electrons. The lowest BCUT2D eigenvalue weighted by atomic mass is 9.85. The topological polar surface area (TPSA) is 112 Å². The van der Waals surface area contributed by atoms with Gasteiger partial charge >= 0.3 is 12.5 Å². The highest BCUT2D eigenvalue weighted by atomic mass is 35.5. The van der Waals surface area contributed by atoms with E-state index in [1.165, 1.54) is 26.0 Å². The molecule has 0 radical (unpaired) electrons. The van der Waals surface area contributed by atoms with Gasteiger partial charge in [0.25, 0.3) is 5.91 Å². The van der Waals surface area contributed by atoms with Crippen molar-refractivity contribution in [2.45, 2.75) is 50.7 Å². The first kappa shape index (κ1) is 34.3. The van der Waals surface area contributed by atoms with Crippen LogP contribution in [0.2, 0.25) is 0 Å². The molecule has 13 heteroatoms. The average Bonchev–Trinajstić information content (AvgIpc) is 3.21. The highest BCUT2D eigenvalue weighted by Gasteiger charge is 2.48. The molecule has 0 bridgehead atoms. The largest absolute Gasteiger partial charge is 0.573 e. The SMILES string of the molecule is CC1(C)OC(=O)N(CC(=O)N2CC[C@H](NCc3cc(-c4ccc(C#N)cc4)ccc3OC(F)(F)F)[C@H](c3ccccc3)C2)C1=O.Cl. The van der Waals surface area contributed by atoms with Crippen molar-refractivity contribution in [3.05, 3.63) is 89.5 Å². The standard InChI is InChI=1S/C33H31F3N4O5.ClH/c1-32(2)30(42)40(31(43)45-32)20-29(41)39-15-14-27(26(19-39)23-6-4-3-5-7-23)38-18-25-16-24(12-13-28(25)44-33(34,35)36)22-10-8-21(17-37)9-11-22;/h3-13,16,26-27,38H,14-15,18-20H2,1-2H3;1H/t26-,27-;/m0./s1. The fraction of sp³-hybridized carbons (Fsp3) is 0.333. The Bertz CT molecular complexity index is 1630. The molecular weight excluding hydrogens is 625 g/mol. The molecule has 2 fully saturated rings. The minimum absolute atomic E-state index is 0. The van der Waals surface area contributed by atoms with Crippen LogP contribution in [0.5, 0.6) is 5.75 Å². The maximum absolute atomic E-state index is 13.3. The summed E-state index contributed by atoms with van der Waals surface area (Å²) in [6.07, 6.45) is -5.30. The Kier molecular flexibility index (Phi) is 10.3. The summed E-state index contributed by atoms with van der Waals surface area (Å²) < 4.78 is 49.3. The van der Waals surface area contributed by atoms with Crippen LogP contribution in [-0.4, -0.2) is 65.3 Å². The number of carbonyl (C=O) groups excluding carboxylic acids is 3. The van der Waals surface area contributed by atoms with Crippen LogP contribution in [0.25, 0.3) is 11.1 Å². The molecule has 2 heterocycles. The number of nitrogens with one attached hydrogen (secondary N) is 1. The molecule has 5 rings (SSSR count). The lowest BCUT2D eigenvalue weighted by molar-refractivity contribution is -0.274. The second-order valence-corrected chi connectivity index (χ2v) is 11.5. The summed E-state index contributed by atoms with van der Waals surface area (Å²) in [6, 6.07) is 22.4. The number of hydrogen-bond acceptors (Lipinski definition) is 7. The highest BCUT2D eigenvalue weighted by molar-refractivity contribution is 6.04. The van der Waals surface area contributed by atoms with Crippen LogP contribution < -0.4 is 10.1 Å². The van der Waals surface area contributed by atoms with Gasteiger partial charge in [-0.3, -0.25) is 9.59 Å². The number of cyclic esters (lactones) is 1. The number of likely N-dealkylation sites (tertiary alicyclic amines) is 1. The molecule has 0 spiro atoms. The summed E-state index contributed by atoms with van der Waals surface area (Å²) >= 11 is 0. The number of carbonyl (C=O) groups is 3. The molecule has 46 heavy (non-hydrogen) atoms. The molecule has 2 atom stereocenters. The summed E-state index contributed by atoms with van der Waals surface area (Å²) in [5, 5.41) is 12.5. The van der Waals surface area contributed by atoms with E-state index in [1.54, 1.807) is 35.2 Å². The molecule has 1 N–H and O–H groups in total. The Hall–Kier alpha value is -4.60. The Morgan fingerprint density at radius 1 is 1.07 bits per heavy atom. The third-order valence-electron chi connectivity index (χ3n) is 8.00. The molecule has 2 aliphatic rings. The quantitative estimate of drug-likeness (QED) is 0.327. The van der Waals surface area contributed by atoms with E-state index in [0.717, 1.165) is 16.0 Å². The summed E-state index contributed by atoms with van der Waals surface area (Å²) in [6.45, 7) is 3.09. The predicted octanol–water partition coefficient (Wildman–Crippen LogP) is 5.78. The van der Waals surface area contributed by atoms with E-state index in [2.05, 4.69) is 10.1 Å². The summed E-state index contributed by atoms with van der Waals surface area (Å²) in [5.41, 5.74) is 1.71. The Labute approximate surface area is 270 Å². The van der Waals surface area contributed by atoms with Gasteiger partial charge in [-0.25, -0.2) is 9.69 Å². The average molecular weight is 657 g/mol.